The minimum absolute atomic E-state index is 0.0597. The van der Waals surface area contributed by atoms with Crippen LogP contribution in [0.2, 0.25) is 0 Å². The van der Waals surface area contributed by atoms with E-state index in [1.54, 1.807) is 13.8 Å². The van der Waals surface area contributed by atoms with Crippen molar-refractivity contribution in [1.82, 2.24) is 0 Å². The van der Waals surface area contributed by atoms with Crippen molar-refractivity contribution in [3.63, 3.8) is 0 Å². The van der Waals surface area contributed by atoms with Gasteiger partial charge in [-0.25, -0.2) is 0 Å². The van der Waals surface area contributed by atoms with Crippen LogP contribution in [0.25, 0.3) is 0 Å². The van der Waals surface area contributed by atoms with Crippen LogP contribution >= 0.6 is 0 Å². The van der Waals surface area contributed by atoms with Crippen LogP contribution in [-0.4, -0.2) is 29.6 Å². The number of ketones is 1. The third-order valence-corrected chi connectivity index (χ3v) is 3.38. The number of ether oxygens (including phenoxy) is 2. The van der Waals surface area contributed by atoms with Crippen molar-refractivity contribution in [3.8, 4) is 0 Å². The van der Waals surface area contributed by atoms with Gasteiger partial charge in [0.2, 0.25) is 0 Å². The average Bonchev–Trinajstić information content (AvgIpc) is 2.23. The summed E-state index contributed by atoms with van der Waals surface area (Å²) >= 11 is 0. The molecule has 0 aliphatic rings. The number of hydrogen-bond donors (Lipinski definition) is 0. The number of Topliss-reactive ketones (excluding diaryl/α,β-unsaturated/α-hetero) is 1. The summed E-state index contributed by atoms with van der Waals surface area (Å²) in [5.41, 5.74) is -2.44. The molecule has 0 amide bonds. The Labute approximate surface area is 135 Å². The molecule has 0 saturated heterocycles. The number of hydrogen-bond acceptors (Lipinski definition) is 4. The van der Waals surface area contributed by atoms with Crippen LogP contribution in [0.1, 0.15) is 75.7 Å². The molecule has 22 heavy (non-hydrogen) atoms. The predicted octanol–water partition coefficient (Wildman–Crippen LogP) is 4.15. The first kappa shape index (κ1) is 21.1. The molecule has 0 aromatic rings. The lowest BCUT2D eigenvalue weighted by Crippen LogP contribution is -2.44. The highest BCUT2D eigenvalue weighted by Gasteiger charge is 2.37. The van der Waals surface area contributed by atoms with Crippen LogP contribution < -0.4 is 0 Å². The topological polar surface area (TPSA) is 52.6 Å². The molecule has 130 valence electrons. The van der Waals surface area contributed by atoms with Gasteiger partial charge in [0.05, 0.1) is 12.0 Å². The monoisotopic (exact) mass is 314 g/mol. The Morgan fingerprint density at radius 1 is 0.773 bits per heavy atom. The Kier molecular flexibility index (Phi) is 6.42. The van der Waals surface area contributed by atoms with E-state index >= 15 is 0 Å². The van der Waals surface area contributed by atoms with Crippen LogP contribution in [-0.2, 0) is 19.1 Å². The van der Waals surface area contributed by atoms with Crippen molar-refractivity contribution in [2.45, 2.75) is 86.9 Å². The maximum atomic E-state index is 12.3. The van der Waals surface area contributed by atoms with E-state index in [-0.39, 0.29) is 11.8 Å². The number of rotatable bonds is 6. The van der Waals surface area contributed by atoms with Crippen molar-refractivity contribution in [2.75, 3.05) is 6.61 Å². The van der Waals surface area contributed by atoms with Crippen molar-refractivity contribution in [3.05, 3.63) is 0 Å². The molecule has 0 saturated carbocycles. The third kappa shape index (κ3) is 6.91. The zero-order chi connectivity index (χ0) is 18.0. The summed E-state index contributed by atoms with van der Waals surface area (Å²) in [4.78, 5) is 24.3. The van der Waals surface area contributed by atoms with Crippen LogP contribution in [0.4, 0.5) is 0 Å². The van der Waals surface area contributed by atoms with Gasteiger partial charge in [0.1, 0.15) is 11.2 Å². The predicted molar refractivity (Wildman–Crippen MR) is 88.7 cm³/mol. The molecular weight excluding hydrogens is 280 g/mol. The van der Waals surface area contributed by atoms with Crippen LogP contribution in [0.5, 0.6) is 0 Å². The molecule has 0 aromatic carbocycles. The molecule has 0 aliphatic carbocycles. The molecule has 0 spiro atoms. The minimum Gasteiger partial charge on any atom is -0.459 e. The van der Waals surface area contributed by atoms with Crippen LogP contribution in [0.15, 0.2) is 0 Å². The van der Waals surface area contributed by atoms with Gasteiger partial charge in [-0.2, -0.15) is 0 Å². The van der Waals surface area contributed by atoms with Gasteiger partial charge >= 0.3 is 5.97 Å². The molecule has 0 N–H and O–H groups in total. The lowest BCUT2D eigenvalue weighted by Gasteiger charge is -2.33. The molecule has 0 aromatic heterocycles. The molecule has 4 heteroatoms. The van der Waals surface area contributed by atoms with Crippen LogP contribution in [0, 0.1) is 10.8 Å². The fraction of sp³-hybridized carbons (Fsp3) is 0.889. The number of carbonyl (C=O) groups is 2. The van der Waals surface area contributed by atoms with Gasteiger partial charge in [-0.15, -0.1) is 0 Å². The van der Waals surface area contributed by atoms with Crippen molar-refractivity contribution in [1.29, 1.82) is 0 Å². The molecule has 0 heterocycles. The second kappa shape index (κ2) is 6.69. The maximum absolute atomic E-state index is 12.3. The maximum Gasteiger partial charge on any atom is 0.311 e. The Balaban J connectivity index is 4.57. The number of esters is 1. The van der Waals surface area contributed by atoms with E-state index in [0.717, 1.165) is 0 Å². The van der Waals surface area contributed by atoms with Gasteiger partial charge in [0.15, 0.2) is 5.78 Å². The SMILES string of the molecule is CC(C)(CCOC(C)(C)C(=O)C(C)(C)C)OC(=O)C(C)(C)C. The first-order valence-corrected chi connectivity index (χ1v) is 7.91. The normalized spacial score (nSPS) is 13.9. The Morgan fingerprint density at radius 2 is 1.23 bits per heavy atom. The second-order valence-electron chi connectivity index (χ2n) is 9.09. The quantitative estimate of drug-likeness (QED) is 0.691. The lowest BCUT2D eigenvalue weighted by atomic mass is 9.82. The largest absolute Gasteiger partial charge is 0.459 e. The van der Waals surface area contributed by atoms with E-state index in [1.807, 2.05) is 55.4 Å². The molecule has 0 unspecified atom stereocenters. The summed E-state index contributed by atoms with van der Waals surface area (Å²) in [6, 6.07) is 0. The minimum atomic E-state index is -0.845. The van der Waals surface area contributed by atoms with E-state index in [9.17, 15) is 9.59 Å². The molecule has 0 radical (unpaired) electrons. The first-order chi connectivity index (χ1) is 9.49. The van der Waals surface area contributed by atoms with Gasteiger partial charge in [0.25, 0.3) is 0 Å². The summed E-state index contributed by atoms with van der Waals surface area (Å²) < 4.78 is 11.3. The highest BCUT2D eigenvalue weighted by molar-refractivity contribution is 5.90. The molecule has 4 nitrogen and oxygen atoms in total. The summed E-state index contributed by atoms with van der Waals surface area (Å²) in [7, 11) is 0. The second-order valence-corrected chi connectivity index (χ2v) is 9.09. The average molecular weight is 314 g/mol. The molecular formula is C18H34O4. The van der Waals surface area contributed by atoms with E-state index in [4.69, 9.17) is 9.47 Å². The van der Waals surface area contributed by atoms with E-state index in [1.165, 1.54) is 0 Å². The molecule has 0 atom stereocenters. The zero-order valence-electron chi connectivity index (χ0n) is 16.0. The van der Waals surface area contributed by atoms with Gasteiger partial charge in [-0.1, -0.05) is 20.8 Å². The van der Waals surface area contributed by atoms with E-state index < -0.39 is 22.0 Å². The molecule has 0 fully saturated rings. The fourth-order valence-electron chi connectivity index (χ4n) is 1.98. The number of carbonyl (C=O) groups excluding carboxylic acids is 2. The summed E-state index contributed by atoms with van der Waals surface area (Å²) in [5, 5.41) is 0. The van der Waals surface area contributed by atoms with Crippen molar-refractivity contribution in [2.24, 2.45) is 10.8 Å². The van der Waals surface area contributed by atoms with Gasteiger partial charge in [0, 0.05) is 11.8 Å². The molecule has 0 aliphatic heterocycles. The summed E-state index contributed by atoms with van der Waals surface area (Å²) in [5.74, 6) is -0.174. The fourth-order valence-corrected chi connectivity index (χ4v) is 1.98. The smallest absolute Gasteiger partial charge is 0.311 e. The zero-order valence-corrected chi connectivity index (χ0v) is 16.0. The highest BCUT2D eigenvalue weighted by atomic mass is 16.6. The first-order valence-electron chi connectivity index (χ1n) is 7.91. The Hall–Kier alpha value is -0.900. The van der Waals surface area contributed by atoms with Crippen molar-refractivity contribution >= 4 is 11.8 Å². The highest BCUT2D eigenvalue weighted by Crippen LogP contribution is 2.27. The Morgan fingerprint density at radius 3 is 1.59 bits per heavy atom. The van der Waals surface area contributed by atoms with Crippen molar-refractivity contribution < 1.29 is 19.1 Å². The third-order valence-electron chi connectivity index (χ3n) is 3.38. The van der Waals surface area contributed by atoms with Gasteiger partial charge in [-0.05, 0) is 48.5 Å². The summed E-state index contributed by atoms with van der Waals surface area (Å²) in [6.07, 6.45) is 0.537. The van der Waals surface area contributed by atoms with E-state index in [0.29, 0.717) is 13.0 Å². The summed E-state index contributed by atoms with van der Waals surface area (Å²) in [6.45, 7) is 18.8. The Bertz CT molecular complexity index is 406. The van der Waals surface area contributed by atoms with Gasteiger partial charge < -0.3 is 9.47 Å². The van der Waals surface area contributed by atoms with E-state index in [2.05, 4.69) is 0 Å². The lowest BCUT2D eigenvalue weighted by molar-refractivity contribution is -0.170. The standard InChI is InChI=1S/C18H34O4/c1-15(2,3)13(19)18(9,10)21-12-11-17(7,8)22-14(20)16(4,5)6/h11-12H2,1-10H3. The van der Waals surface area contributed by atoms with Gasteiger partial charge in [-0.3, -0.25) is 9.59 Å². The molecule has 0 rings (SSSR count). The molecule has 0 bridgehead atoms. The van der Waals surface area contributed by atoms with Crippen LogP contribution in [0.3, 0.4) is 0 Å².